The molecule has 0 radical (unpaired) electrons. The lowest BCUT2D eigenvalue weighted by atomic mass is 10.1. The zero-order valence-corrected chi connectivity index (χ0v) is 13.4. The van der Waals surface area contributed by atoms with E-state index >= 15 is 0 Å². The van der Waals surface area contributed by atoms with Crippen molar-refractivity contribution in [2.45, 2.75) is 18.9 Å². The van der Waals surface area contributed by atoms with E-state index in [-0.39, 0.29) is 34.4 Å². The number of likely N-dealkylation sites (N-methyl/N-ethyl adjacent to an activating group) is 1. The lowest BCUT2D eigenvalue weighted by Gasteiger charge is -2.25. The second kappa shape index (κ2) is 7.33. The fourth-order valence-electron chi connectivity index (χ4n) is 2.39. The first kappa shape index (κ1) is 17.3. The first-order valence-electron chi connectivity index (χ1n) is 6.14. The summed E-state index contributed by atoms with van der Waals surface area (Å²) in [4.78, 5) is 14.1. The number of carbonyl (C=O) groups is 1. The quantitative estimate of drug-likeness (QED) is 0.831. The Morgan fingerprint density at radius 1 is 1.45 bits per heavy atom. The van der Waals surface area contributed by atoms with Crippen molar-refractivity contribution in [1.82, 2.24) is 10.2 Å². The molecule has 1 aliphatic heterocycles. The zero-order valence-electron chi connectivity index (χ0n) is 11.0. The van der Waals surface area contributed by atoms with E-state index in [9.17, 15) is 13.6 Å². The van der Waals surface area contributed by atoms with Crippen LogP contribution in [0, 0.1) is 11.6 Å². The molecular weight excluding hydrogens is 354 g/mol. The maximum atomic E-state index is 13.3. The maximum Gasteiger partial charge on any atom is 0.255 e. The van der Waals surface area contributed by atoms with Gasteiger partial charge in [-0.2, -0.15) is 0 Å². The topological polar surface area (TPSA) is 32.3 Å². The van der Waals surface area contributed by atoms with Crippen LogP contribution in [0.15, 0.2) is 16.6 Å². The van der Waals surface area contributed by atoms with Crippen molar-refractivity contribution in [3.63, 3.8) is 0 Å². The van der Waals surface area contributed by atoms with Gasteiger partial charge in [-0.3, -0.25) is 4.79 Å². The van der Waals surface area contributed by atoms with Crippen LogP contribution < -0.4 is 5.32 Å². The highest BCUT2D eigenvalue weighted by Crippen LogP contribution is 2.25. The molecule has 0 aromatic heterocycles. The molecule has 1 aliphatic rings. The summed E-state index contributed by atoms with van der Waals surface area (Å²) in [5.41, 5.74) is 0.168. The normalized spacial score (nSPS) is 18.0. The molecule has 1 heterocycles. The van der Waals surface area contributed by atoms with Gasteiger partial charge in [-0.15, -0.1) is 12.4 Å². The predicted molar refractivity (Wildman–Crippen MR) is 79.3 cm³/mol. The SMILES string of the molecule is CNCC1CCCN1C(=O)c1cc(F)c(F)cc1Br.Cl. The van der Waals surface area contributed by atoms with Gasteiger partial charge in [-0.05, 0) is 48.0 Å². The lowest BCUT2D eigenvalue weighted by molar-refractivity contribution is 0.0735. The highest BCUT2D eigenvalue weighted by Gasteiger charge is 2.30. The molecule has 0 spiro atoms. The van der Waals surface area contributed by atoms with Crippen LogP contribution in [0.3, 0.4) is 0 Å². The van der Waals surface area contributed by atoms with Gasteiger partial charge in [0.05, 0.1) is 5.56 Å². The number of nitrogens with one attached hydrogen (secondary N) is 1. The second-order valence-corrected chi connectivity index (χ2v) is 5.45. The van der Waals surface area contributed by atoms with Crippen LogP contribution >= 0.6 is 28.3 Å². The summed E-state index contributed by atoms with van der Waals surface area (Å²) in [5, 5.41) is 3.04. The Balaban J connectivity index is 0.00000200. The van der Waals surface area contributed by atoms with E-state index in [1.807, 2.05) is 7.05 Å². The monoisotopic (exact) mass is 368 g/mol. The number of likely N-dealkylation sites (tertiary alicyclic amines) is 1. The smallest absolute Gasteiger partial charge is 0.255 e. The molecule has 1 unspecified atom stereocenters. The molecule has 1 fully saturated rings. The number of hydrogen-bond donors (Lipinski definition) is 1. The molecule has 0 saturated carbocycles. The highest BCUT2D eigenvalue weighted by molar-refractivity contribution is 9.10. The molecule has 1 atom stereocenters. The molecular formula is C13H16BrClF2N2O. The molecule has 0 aliphatic carbocycles. The second-order valence-electron chi connectivity index (χ2n) is 4.60. The van der Waals surface area contributed by atoms with Gasteiger partial charge in [0.25, 0.3) is 5.91 Å². The van der Waals surface area contributed by atoms with E-state index in [1.165, 1.54) is 0 Å². The van der Waals surface area contributed by atoms with E-state index in [4.69, 9.17) is 0 Å². The number of amides is 1. The summed E-state index contributed by atoms with van der Waals surface area (Å²) < 4.78 is 26.6. The predicted octanol–water partition coefficient (Wildman–Crippen LogP) is 2.97. The van der Waals surface area contributed by atoms with E-state index in [0.717, 1.165) is 25.0 Å². The molecule has 0 bridgehead atoms. The molecule has 2 rings (SSSR count). The van der Waals surface area contributed by atoms with Crippen LogP contribution in [0.2, 0.25) is 0 Å². The Hall–Kier alpha value is -0.720. The summed E-state index contributed by atoms with van der Waals surface area (Å²) in [6, 6.07) is 2.06. The van der Waals surface area contributed by atoms with Gasteiger partial charge in [0.15, 0.2) is 11.6 Å². The van der Waals surface area contributed by atoms with Gasteiger partial charge in [-0.25, -0.2) is 8.78 Å². The van der Waals surface area contributed by atoms with Crippen molar-refractivity contribution in [1.29, 1.82) is 0 Å². The van der Waals surface area contributed by atoms with Gasteiger partial charge < -0.3 is 10.2 Å². The molecule has 1 amide bonds. The Kier molecular flexibility index (Phi) is 6.36. The van der Waals surface area contributed by atoms with Crippen molar-refractivity contribution in [2.24, 2.45) is 0 Å². The molecule has 1 N–H and O–H groups in total. The van der Waals surface area contributed by atoms with Crippen molar-refractivity contribution < 1.29 is 13.6 Å². The number of rotatable bonds is 3. The third-order valence-electron chi connectivity index (χ3n) is 3.32. The summed E-state index contributed by atoms with van der Waals surface area (Å²) in [6.07, 6.45) is 1.85. The molecule has 3 nitrogen and oxygen atoms in total. The van der Waals surface area contributed by atoms with Crippen LogP contribution in [-0.2, 0) is 0 Å². The fourth-order valence-corrected chi connectivity index (χ4v) is 2.88. The van der Waals surface area contributed by atoms with Gasteiger partial charge in [0, 0.05) is 23.6 Å². The van der Waals surface area contributed by atoms with E-state index in [1.54, 1.807) is 4.90 Å². The first-order chi connectivity index (χ1) is 9.04. The van der Waals surface area contributed by atoms with E-state index in [2.05, 4.69) is 21.2 Å². The summed E-state index contributed by atoms with van der Waals surface area (Å²) in [6.45, 7) is 1.35. The minimum atomic E-state index is -1.00. The highest BCUT2D eigenvalue weighted by atomic mass is 79.9. The number of benzene rings is 1. The Morgan fingerprint density at radius 3 is 2.75 bits per heavy atom. The molecule has 112 valence electrons. The van der Waals surface area contributed by atoms with E-state index < -0.39 is 11.6 Å². The standard InChI is InChI=1S/C13H15BrF2N2O.ClH/c1-17-7-8-3-2-4-18(8)13(19)9-5-11(15)12(16)6-10(9)14;/h5-6,8,17H,2-4,7H2,1H3;1H. The van der Waals surface area contributed by atoms with Gasteiger partial charge >= 0.3 is 0 Å². The van der Waals surface area contributed by atoms with Crippen molar-refractivity contribution in [3.05, 3.63) is 33.8 Å². The number of halogens is 4. The number of hydrogen-bond acceptors (Lipinski definition) is 2. The van der Waals surface area contributed by atoms with Gasteiger partial charge in [0.2, 0.25) is 0 Å². The van der Waals surface area contributed by atoms with E-state index in [0.29, 0.717) is 13.1 Å². The van der Waals surface area contributed by atoms with Crippen LogP contribution in [0.25, 0.3) is 0 Å². The summed E-state index contributed by atoms with van der Waals surface area (Å²) in [7, 11) is 1.83. The van der Waals surface area contributed by atoms with Crippen LogP contribution in [0.5, 0.6) is 0 Å². The first-order valence-corrected chi connectivity index (χ1v) is 6.94. The van der Waals surface area contributed by atoms with Crippen molar-refractivity contribution >= 4 is 34.2 Å². The lowest BCUT2D eigenvalue weighted by Crippen LogP contribution is -2.41. The average Bonchev–Trinajstić information content (AvgIpc) is 2.82. The summed E-state index contributed by atoms with van der Waals surface area (Å²) >= 11 is 3.12. The largest absolute Gasteiger partial charge is 0.334 e. The molecule has 1 aromatic carbocycles. The average molecular weight is 370 g/mol. The maximum absolute atomic E-state index is 13.3. The van der Waals surface area contributed by atoms with Crippen LogP contribution in [-0.4, -0.2) is 37.0 Å². The Morgan fingerprint density at radius 2 is 2.10 bits per heavy atom. The summed E-state index contributed by atoms with van der Waals surface area (Å²) in [5.74, 6) is -2.23. The van der Waals surface area contributed by atoms with Gasteiger partial charge in [-0.1, -0.05) is 0 Å². The zero-order chi connectivity index (χ0) is 14.0. The third-order valence-corrected chi connectivity index (χ3v) is 3.97. The van der Waals surface area contributed by atoms with Crippen molar-refractivity contribution in [3.8, 4) is 0 Å². The van der Waals surface area contributed by atoms with Crippen LogP contribution in [0.4, 0.5) is 8.78 Å². The van der Waals surface area contributed by atoms with Crippen molar-refractivity contribution in [2.75, 3.05) is 20.1 Å². The Bertz CT molecular complexity index is 502. The molecule has 20 heavy (non-hydrogen) atoms. The minimum absolute atomic E-state index is 0. The Labute approximate surface area is 131 Å². The number of nitrogens with zero attached hydrogens (tertiary/aromatic N) is 1. The number of carbonyl (C=O) groups excluding carboxylic acids is 1. The molecule has 7 heteroatoms. The molecule has 1 aromatic rings. The fraction of sp³-hybridized carbons (Fsp3) is 0.462. The van der Waals surface area contributed by atoms with Gasteiger partial charge in [0.1, 0.15) is 0 Å². The molecule has 1 saturated heterocycles. The third kappa shape index (κ3) is 3.48. The minimum Gasteiger partial charge on any atom is -0.334 e. The van der Waals surface area contributed by atoms with Crippen LogP contribution in [0.1, 0.15) is 23.2 Å².